The minimum atomic E-state index is -0.357. The van der Waals surface area contributed by atoms with E-state index in [1.54, 1.807) is 30.3 Å². The second kappa shape index (κ2) is 8.80. The fourth-order valence-corrected chi connectivity index (χ4v) is 3.49. The summed E-state index contributed by atoms with van der Waals surface area (Å²) in [6, 6.07) is 11.5. The van der Waals surface area contributed by atoms with Gasteiger partial charge in [-0.2, -0.15) is 0 Å². The molecule has 1 saturated carbocycles. The van der Waals surface area contributed by atoms with Crippen molar-refractivity contribution in [1.82, 2.24) is 5.32 Å². The summed E-state index contributed by atoms with van der Waals surface area (Å²) < 4.78 is 13.2. The van der Waals surface area contributed by atoms with Crippen LogP contribution in [0.1, 0.15) is 53.6 Å². The van der Waals surface area contributed by atoms with Crippen molar-refractivity contribution in [2.75, 3.05) is 5.32 Å². The lowest BCUT2D eigenvalue weighted by atomic mass is 9.95. The highest BCUT2D eigenvalue weighted by Gasteiger charge is 2.17. The van der Waals surface area contributed by atoms with Gasteiger partial charge >= 0.3 is 0 Å². The smallest absolute Gasteiger partial charge is 0.251 e. The molecule has 2 amide bonds. The van der Waals surface area contributed by atoms with Gasteiger partial charge in [0.15, 0.2) is 0 Å². The number of hydrogen-bond acceptors (Lipinski definition) is 2. The molecule has 0 saturated heterocycles. The van der Waals surface area contributed by atoms with E-state index in [4.69, 9.17) is 0 Å². The van der Waals surface area contributed by atoms with Crippen molar-refractivity contribution in [3.8, 4) is 0 Å². The molecule has 1 aliphatic carbocycles. The Bertz CT molecular complexity index is 829. The van der Waals surface area contributed by atoms with E-state index in [2.05, 4.69) is 10.6 Å². The van der Waals surface area contributed by atoms with Crippen molar-refractivity contribution in [1.29, 1.82) is 0 Å². The molecule has 2 aromatic carbocycles. The maximum Gasteiger partial charge on any atom is 0.251 e. The maximum absolute atomic E-state index is 13.2. The summed E-state index contributed by atoms with van der Waals surface area (Å²) in [6.07, 6.45) is 5.76. The van der Waals surface area contributed by atoms with Crippen molar-refractivity contribution in [2.45, 2.75) is 51.5 Å². The van der Waals surface area contributed by atoms with E-state index in [0.29, 0.717) is 16.8 Å². The standard InChI is InChI=1S/C22H25FN2O2/c1-15-12-17(22(27)24-19-8-3-2-4-9-19)10-11-20(15)25-21(26)14-16-6-5-7-18(23)13-16/h5-7,10-13,19H,2-4,8-9,14H2,1H3,(H,24,27)(H,25,26). The third kappa shape index (κ3) is 5.39. The van der Waals surface area contributed by atoms with Crippen LogP contribution in [0.15, 0.2) is 42.5 Å². The summed E-state index contributed by atoms with van der Waals surface area (Å²) in [4.78, 5) is 24.7. The SMILES string of the molecule is Cc1cc(C(=O)NC2CCCCC2)ccc1NC(=O)Cc1cccc(F)c1. The Morgan fingerprint density at radius 2 is 1.85 bits per heavy atom. The second-order valence-corrected chi connectivity index (χ2v) is 7.19. The van der Waals surface area contributed by atoms with Crippen molar-refractivity contribution in [3.05, 3.63) is 65.0 Å². The van der Waals surface area contributed by atoms with Gasteiger partial charge < -0.3 is 10.6 Å². The van der Waals surface area contributed by atoms with Gasteiger partial charge in [-0.1, -0.05) is 31.4 Å². The van der Waals surface area contributed by atoms with Crippen LogP contribution in [0.4, 0.5) is 10.1 Å². The Morgan fingerprint density at radius 1 is 1.07 bits per heavy atom. The average molecular weight is 368 g/mol. The molecule has 4 nitrogen and oxygen atoms in total. The third-order valence-corrected chi connectivity index (χ3v) is 4.96. The lowest BCUT2D eigenvalue weighted by Crippen LogP contribution is -2.36. The molecule has 0 bridgehead atoms. The van der Waals surface area contributed by atoms with Gasteiger partial charge in [0, 0.05) is 17.3 Å². The summed E-state index contributed by atoms with van der Waals surface area (Å²) in [7, 11) is 0. The van der Waals surface area contributed by atoms with Crippen LogP contribution < -0.4 is 10.6 Å². The van der Waals surface area contributed by atoms with Crippen molar-refractivity contribution in [3.63, 3.8) is 0 Å². The van der Waals surface area contributed by atoms with E-state index < -0.39 is 0 Å². The molecular weight excluding hydrogens is 343 g/mol. The summed E-state index contributed by atoms with van der Waals surface area (Å²) in [5, 5.41) is 5.93. The molecule has 5 heteroatoms. The van der Waals surface area contributed by atoms with Crippen LogP contribution in [0.2, 0.25) is 0 Å². The maximum atomic E-state index is 13.2. The quantitative estimate of drug-likeness (QED) is 0.823. The Kier molecular flexibility index (Phi) is 6.22. The molecule has 27 heavy (non-hydrogen) atoms. The molecule has 0 radical (unpaired) electrons. The molecular formula is C22H25FN2O2. The van der Waals surface area contributed by atoms with Gasteiger partial charge in [-0.15, -0.1) is 0 Å². The largest absolute Gasteiger partial charge is 0.349 e. The first-order valence-electron chi connectivity index (χ1n) is 9.47. The number of carbonyl (C=O) groups excluding carboxylic acids is 2. The van der Waals surface area contributed by atoms with Crippen LogP contribution in [0.25, 0.3) is 0 Å². The first kappa shape index (κ1) is 19.1. The number of benzene rings is 2. The Hall–Kier alpha value is -2.69. The molecule has 0 aromatic heterocycles. The molecule has 0 spiro atoms. The molecule has 1 fully saturated rings. The van der Waals surface area contributed by atoms with Gasteiger partial charge in [0.2, 0.25) is 5.91 Å². The van der Waals surface area contributed by atoms with Crippen LogP contribution in [0.5, 0.6) is 0 Å². The molecule has 2 N–H and O–H groups in total. The molecule has 0 atom stereocenters. The highest BCUT2D eigenvalue weighted by molar-refractivity contribution is 5.97. The zero-order chi connectivity index (χ0) is 19.2. The Balaban J connectivity index is 1.60. The van der Waals surface area contributed by atoms with Gasteiger partial charge in [0.25, 0.3) is 5.91 Å². The number of halogens is 1. The third-order valence-electron chi connectivity index (χ3n) is 4.96. The highest BCUT2D eigenvalue weighted by atomic mass is 19.1. The number of nitrogens with one attached hydrogen (secondary N) is 2. The van der Waals surface area contributed by atoms with Crippen molar-refractivity contribution in [2.24, 2.45) is 0 Å². The Labute approximate surface area is 159 Å². The van der Waals surface area contributed by atoms with Gasteiger partial charge in [-0.05, 0) is 61.2 Å². The molecule has 0 aliphatic heterocycles. The highest BCUT2D eigenvalue weighted by Crippen LogP contribution is 2.20. The summed E-state index contributed by atoms with van der Waals surface area (Å²) >= 11 is 0. The second-order valence-electron chi connectivity index (χ2n) is 7.19. The lowest BCUT2D eigenvalue weighted by Gasteiger charge is -2.23. The molecule has 142 valence electrons. The first-order valence-corrected chi connectivity index (χ1v) is 9.47. The molecule has 3 rings (SSSR count). The van der Waals surface area contributed by atoms with Gasteiger partial charge in [0.1, 0.15) is 5.82 Å². The van der Waals surface area contributed by atoms with E-state index in [1.807, 2.05) is 6.92 Å². The zero-order valence-electron chi connectivity index (χ0n) is 15.6. The van der Waals surface area contributed by atoms with E-state index >= 15 is 0 Å². The average Bonchev–Trinajstić information content (AvgIpc) is 2.64. The minimum absolute atomic E-state index is 0.0670. The molecule has 0 unspecified atom stereocenters. The Morgan fingerprint density at radius 3 is 2.56 bits per heavy atom. The van der Waals surface area contributed by atoms with E-state index in [0.717, 1.165) is 18.4 Å². The number of rotatable bonds is 5. The van der Waals surface area contributed by atoms with Gasteiger partial charge in [-0.25, -0.2) is 4.39 Å². The fraction of sp³-hybridized carbons (Fsp3) is 0.364. The van der Waals surface area contributed by atoms with Gasteiger partial charge in [0.05, 0.1) is 6.42 Å². The van der Waals surface area contributed by atoms with Crippen LogP contribution in [-0.4, -0.2) is 17.9 Å². The molecule has 2 aromatic rings. The van der Waals surface area contributed by atoms with Crippen LogP contribution in [0.3, 0.4) is 0 Å². The molecule has 1 aliphatic rings. The summed E-state index contributed by atoms with van der Waals surface area (Å²) in [5.74, 6) is -0.643. The minimum Gasteiger partial charge on any atom is -0.349 e. The van der Waals surface area contributed by atoms with E-state index in [9.17, 15) is 14.0 Å². The van der Waals surface area contributed by atoms with Gasteiger partial charge in [-0.3, -0.25) is 9.59 Å². The lowest BCUT2D eigenvalue weighted by molar-refractivity contribution is -0.115. The van der Waals surface area contributed by atoms with E-state index in [1.165, 1.54) is 31.4 Å². The number of anilines is 1. The predicted octanol–water partition coefficient (Wildman–Crippen LogP) is 4.38. The van der Waals surface area contributed by atoms with Crippen LogP contribution >= 0.6 is 0 Å². The predicted molar refractivity (Wildman–Crippen MR) is 104 cm³/mol. The topological polar surface area (TPSA) is 58.2 Å². The van der Waals surface area contributed by atoms with Crippen LogP contribution in [0, 0.1) is 12.7 Å². The number of hydrogen-bond donors (Lipinski definition) is 2. The van der Waals surface area contributed by atoms with Crippen LogP contribution in [-0.2, 0) is 11.2 Å². The summed E-state index contributed by atoms with van der Waals surface area (Å²) in [6.45, 7) is 1.86. The van der Waals surface area contributed by atoms with Crippen molar-refractivity contribution < 1.29 is 14.0 Å². The fourth-order valence-electron chi connectivity index (χ4n) is 3.49. The van der Waals surface area contributed by atoms with Crippen molar-refractivity contribution >= 4 is 17.5 Å². The summed E-state index contributed by atoms with van der Waals surface area (Å²) in [5.41, 5.74) is 2.69. The first-order chi connectivity index (χ1) is 13.0. The van der Waals surface area contributed by atoms with E-state index in [-0.39, 0.29) is 30.1 Å². The molecule has 0 heterocycles. The normalized spacial score (nSPS) is 14.6. The zero-order valence-corrected chi connectivity index (χ0v) is 15.6. The number of carbonyl (C=O) groups is 2. The number of amides is 2. The monoisotopic (exact) mass is 368 g/mol. The number of aryl methyl sites for hydroxylation is 1.